The predicted octanol–water partition coefficient (Wildman–Crippen LogP) is 1.95. The van der Waals surface area contributed by atoms with Crippen LogP contribution in [0.15, 0.2) is 23.1 Å². The fourth-order valence-electron chi connectivity index (χ4n) is 3.15. The Kier molecular flexibility index (Phi) is 8.22. The Bertz CT molecular complexity index is 736. The quantitative estimate of drug-likeness (QED) is 0.643. The topological polar surface area (TPSA) is 84.9 Å². The third-order valence-electron chi connectivity index (χ3n) is 4.77. The van der Waals surface area contributed by atoms with Crippen molar-refractivity contribution >= 4 is 15.9 Å². The summed E-state index contributed by atoms with van der Waals surface area (Å²) in [6.07, 6.45) is 2.77. The van der Waals surface area contributed by atoms with Gasteiger partial charge in [0.25, 0.3) is 5.91 Å². The van der Waals surface area contributed by atoms with Gasteiger partial charge in [-0.2, -0.15) is 4.31 Å². The number of carbonyl (C=O) groups excluding carboxylic acids is 1. The van der Waals surface area contributed by atoms with Gasteiger partial charge in [-0.05, 0) is 44.4 Å². The summed E-state index contributed by atoms with van der Waals surface area (Å²) in [5, 5.41) is 2.77. The van der Waals surface area contributed by atoms with E-state index in [0.29, 0.717) is 38.5 Å². The van der Waals surface area contributed by atoms with Crippen molar-refractivity contribution < 1.29 is 22.7 Å². The van der Waals surface area contributed by atoms with Crippen LogP contribution in [0.5, 0.6) is 0 Å². The Morgan fingerprint density at radius 1 is 1.26 bits per heavy atom. The first-order valence-electron chi connectivity index (χ1n) is 9.35. The van der Waals surface area contributed by atoms with Crippen molar-refractivity contribution in [2.75, 3.05) is 40.0 Å². The maximum Gasteiger partial charge on any atom is 0.251 e. The van der Waals surface area contributed by atoms with E-state index in [2.05, 4.69) is 5.32 Å². The Hall–Kier alpha value is -1.48. The van der Waals surface area contributed by atoms with Crippen molar-refractivity contribution in [2.24, 2.45) is 0 Å². The van der Waals surface area contributed by atoms with Crippen LogP contribution in [0, 0.1) is 6.92 Å². The molecule has 1 aliphatic heterocycles. The molecular weight excluding hydrogens is 368 g/mol. The van der Waals surface area contributed by atoms with Crippen LogP contribution in [0.25, 0.3) is 0 Å². The first-order valence-corrected chi connectivity index (χ1v) is 10.8. The van der Waals surface area contributed by atoms with Gasteiger partial charge in [-0.25, -0.2) is 8.42 Å². The molecule has 1 N–H and O–H groups in total. The maximum atomic E-state index is 13.0. The molecule has 0 aromatic heterocycles. The summed E-state index contributed by atoms with van der Waals surface area (Å²) in [6.45, 7) is 5.94. The van der Waals surface area contributed by atoms with E-state index >= 15 is 0 Å². The summed E-state index contributed by atoms with van der Waals surface area (Å²) in [4.78, 5) is 12.6. The Morgan fingerprint density at radius 3 is 2.74 bits per heavy atom. The number of hydrogen-bond donors (Lipinski definition) is 1. The van der Waals surface area contributed by atoms with Crippen molar-refractivity contribution in [3.8, 4) is 0 Å². The number of rotatable bonds is 9. The first kappa shape index (κ1) is 21.8. The molecule has 0 bridgehead atoms. The van der Waals surface area contributed by atoms with E-state index in [1.165, 1.54) is 6.07 Å². The fraction of sp³-hybridized carbons (Fsp3) is 0.632. The van der Waals surface area contributed by atoms with E-state index < -0.39 is 10.0 Å². The first-order chi connectivity index (χ1) is 12.9. The lowest BCUT2D eigenvalue weighted by Crippen LogP contribution is -2.42. The average molecular weight is 399 g/mol. The summed E-state index contributed by atoms with van der Waals surface area (Å²) < 4.78 is 37.8. The molecule has 1 amide bonds. The number of ether oxygens (including phenoxy) is 2. The standard InChI is InChI=1S/C19H30N2O5S/c1-15-7-8-17(27(23,24)21-10-5-4-6-16(21)2)14-18(15)19(22)20-9-11-26-13-12-25-3/h7-8,14,16H,4-6,9-13H2,1-3H3,(H,20,22). The van der Waals surface area contributed by atoms with E-state index in [1.807, 2.05) is 6.92 Å². The monoisotopic (exact) mass is 398 g/mol. The third kappa shape index (κ3) is 5.75. The van der Waals surface area contributed by atoms with E-state index in [-0.39, 0.29) is 16.8 Å². The molecule has 1 aromatic carbocycles. The van der Waals surface area contributed by atoms with Crippen LogP contribution in [-0.2, 0) is 19.5 Å². The van der Waals surface area contributed by atoms with Gasteiger partial charge in [0.2, 0.25) is 10.0 Å². The second-order valence-corrected chi connectivity index (χ2v) is 8.69. The molecule has 0 spiro atoms. The third-order valence-corrected chi connectivity index (χ3v) is 6.78. The molecule has 152 valence electrons. The number of hydrogen-bond acceptors (Lipinski definition) is 5. The summed E-state index contributed by atoms with van der Waals surface area (Å²) in [5.41, 5.74) is 1.11. The van der Waals surface area contributed by atoms with Gasteiger partial charge in [-0.3, -0.25) is 4.79 Å². The van der Waals surface area contributed by atoms with Crippen molar-refractivity contribution in [1.29, 1.82) is 0 Å². The maximum absolute atomic E-state index is 13.0. The van der Waals surface area contributed by atoms with Gasteiger partial charge < -0.3 is 14.8 Å². The zero-order chi connectivity index (χ0) is 19.9. The summed E-state index contributed by atoms with van der Waals surface area (Å²) in [6, 6.07) is 4.72. The molecule has 1 atom stereocenters. The van der Waals surface area contributed by atoms with Gasteiger partial charge in [0.1, 0.15) is 0 Å². The van der Waals surface area contributed by atoms with Gasteiger partial charge >= 0.3 is 0 Å². The van der Waals surface area contributed by atoms with Crippen molar-refractivity contribution in [1.82, 2.24) is 9.62 Å². The van der Waals surface area contributed by atoms with Crippen LogP contribution in [-0.4, -0.2) is 64.7 Å². The highest BCUT2D eigenvalue weighted by atomic mass is 32.2. The number of aryl methyl sites for hydroxylation is 1. The van der Waals surface area contributed by atoms with Crippen LogP contribution in [0.4, 0.5) is 0 Å². The molecule has 27 heavy (non-hydrogen) atoms. The highest BCUT2D eigenvalue weighted by Gasteiger charge is 2.31. The zero-order valence-corrected chi connectivity index (χ0v) is 17.2. The Labute approximate surface area is 162 Å². The molecule has 1 heterocycles. The number of methoxy groups -OCH3 is 1. The Morgan fingerprint density at radius 2 is 2.04 bits per heavy atom. The van der Waals surface area contributed by atoms with E-state index in [1.54, 1.807) is 30.5 Å². The second kappa shape index (κ2) is 10.2. The number of piperidine rings is 1. The van der Waals surface area contributed by atoms with Crippen LogP contribution >= 0.6 is 0 Å². The fourth-order valence-corrected chi connectivity index (χ4v) is 4.87. The Balaban J connectivity index is 2.07. The molecule has 0 saturated carbocycles. The molecule has 1 unspecified atom stereocenters. The van der Waals surface area contributed by atoms with Gasteiger partial charge in [-0.1, -0.05) is 12.5 Å². The highest BCUT2D eigenvalue weighted by Crippen LogP contribution is 2.26. The van der Waals surface area contributed by atoms with Crippen molar-refractivity contribution in [3.63, 3.8) is 0 Å². The van der Waals surface area contributed by atoms with Crippen LogP contribution in [0.2, 0.25) is 0 Å². The molecule has 0 aliphatic carbocycles. The molecular formula is C19H30N2O5S. The van der Waals surface area contributed by atoms with Crippen molar-refractivity contribution in [2.45, 2.75) is 44.0 Å². The second-order valence-electron chi connectivity index (χ2n) is 6.80. The summed E-state index contributed by atoms with van der Waals surface area (Å²) in [7, 11) is -2.01. The summed E-state index contributed by atoms with van der Waals surface area (Å²) >= 11 is 0. The minimum absolute atomic E-state index is 0.0217. The zero-order valence-electron chi connectivity index (χ0n) is 16.4. The normalized spacial score (nSPS) is 18.4. The molecule has 1 aromatic rings. The molecule has 8 heteroatoms. The molecule has 0 radical (unpaired) electrons. The van der Waals surface area contributed by atoms with Gasteiger partial charge in [0, 0.05) is 31.8 Å². The molecule has 7 nitrogen and oxygen atoms in total. The number of amides is 1. The SMILES string of the molecule is COCCOCCNC(=O)c1cc(S(=O)(=O)N2CCCCC2C)ccc1C. The van der Waals surface area contributed by atoms with Crippen molar-refractivity contribution in [3.05, 3.63) is 29.3 Å². The van der Waals surface area contributed by atoms with E-state index in [4.69, 9.17) is 9.47 Å². The molecule has 2 rings (SSSR count). The number of benzene rings is 1. The summed E-state index contributed by atoms with van der Waals surface area (Å²) in [5.74, 6) is -0.299. The van der Waals surface area contributed by atoms with Crippen LogP contribution in [0.3, 0.4) is 0 Å². The van der Waals surface area contributed by atoms with E-state index in [9.17, 15) is 13.2 Å². The molecule has 1 fully saturated rings. The lowest BCUT2D eigenvalue weighted by Gasteiger charge is -2.32. The average Bonchev–Trinajstić information content (AvgIpc) is 2.64. The lowest BCUT2D eigenvalue weighted by atomic mass is 10.1. The minimum atomic E-state index is -3.60. The van der Waals surface area contributed by atoms with Gasteiger partial charge in [0.15, 0.2) is 0 Å². The number of carbonyl (C=O) groups is 1. The van der Waals surface area contributed by atoms with Gasteiger partial charge in [0.05, 0.1) is 24.7 Å². The number of nitrogens with one attached hydrogen (secondary N) is 1. The molecule has 1 saturated heterocycles. The number of sulfonamides is 1. The largest absolute Gasteiger partial charge is 0.382 e. The molecule has 1 aliphatic rings. The minimum Gasteiger partial charge on any atom is -0.382 e. The van der Waals surface area contributed by atoms with Crippen LogP contribution in [0.1, 0.15) is 42.1 Å². The predicted molar refractivity (Wildman–Crippen MR) is 103 cm³/mol. The lowest BCUT2D eigenvalue weighted by molar-refractivity contribution is 0.0692. The van der Waals surface area contributed by atoms with Crippen LogP contribution < -0.4 is 5.32 Å². The number of nitrogens with zero attached hydrogens (tertiary/aromatic N) is 1. The van der Waals surface area contributed by atoms with E-state index in [0.717, 1.165) is 24.8 Å². The van der Waals surface area contributed by atoms with Gasteiger partial charge in [-0.15, -0.1) is 0 Å². The highest BCUT2D eigenvalue weighted by molar-refractivity contribution is 7.89. The smallest absolute Gasteiger partial charge is 0.251 e.